The van der Waals surface area contributed by atoms with E-state index in [2.05, 4.69) is 5.32 Å². The van der Waals surface area contributed by atoms with Crippen molar-refractivity contribution < 1.29 is 19.4 Å². The number of hydrogen-bond acceptors (Lipinski definition) is 5. The first-order valence-corrected chi connectivity index (χ1v) is 6.23. The van der Waals surface area contributed by atoms with Crippen LogP contribution >= 0.6 is 0 Å². The van der Waals surface area contributed by atoms with Gasteiger partial charge in [-0.1, -0.05) is 6.07 Å². The Bertz CT molecular complexity index is 450. The maximum atomic E-state index is 11.4. The van der Waals surface area contributed by atoms with E-state index in [4.69, 9.17) is 20.3 Å². The average Bonchev–Trinajstić information content (AvgIpc) is 2.46. The summed E-state index contributed by atoms with van der Waals surface area (Å²) in [6, 6.07) is 4.85. The number of fused-ring (bicyclic) bond motifs is 1. The van der Waals surface area contributed by atoms with Crippen molar-refractivity contribution in [1.29, 1.82) is 0 Å². The highest BCUT2D eigenvalue weighted by Gasteiger charge is 2.13. The summed E-state index contributed by atoms with van der Waals surface area (Å²) >= 11 is 0. The molecule has 1 heterocycles. The number of carbonyl (C=O) groups is 1. The van der Waals surface area contributed by atoms with Crippen LogP contribution in [0.5, 0.6) is 11.5 Å². The Kier molecular flexibility index (Phi) is 4.59. The first-order chi connectivity index (χ1) is 9.20. The minimum absolute atomic E-state index is 0.347. The van der Waals surface area contributed by atoms with E-state index in [0.29, 0.717) is 26.2 Å². The molecule has 0 fully saturated rings. The Morgan fingerprint density at radius 1 is 1.37 bits per heavy atom. The molecule has 0 spiro atoms. The molecule has 6 heteroatoms. The lowest BCUT2D eigenvalue weighted by Gasteiger charge is -2.19. The summed E-state index contributed by atoms with van der Waals surface area (Å²) in [6.07, 6.45) is 0.667. The number of hydrogen-bond donors (Lipinski definition) is 3. The van der Waals surface area contributed by atoms with Crippen LogP contribution in [0.2, 0.25) is 0 Å². The minimum atomic E-state index is -0.861. The van der Waals surface area contributed by atoms with Crippen LogP contribution in [-0.4, -0.2) is 43.4 Å². The molecule has 0 radical (unpaired) electrons. The number of rotatable bonds is 5. The molecule has 1 atom stereocenters. The summed E-state index contributed by atoms with van der Waals surface area (Å²) in [5.74, 6) is 1.14. The van der Waals surface area contributed by atoms with Gasteiger partial charge < -0.3 is 25.6 Å². The van der Waals surface area contributed by atoms with Gasteiger partial charge in [0.15, 0.2) is 11.5 Å². The fraction of sp³-hybridized carbons (Fsp3) is 0.462. The fourth-order valence-electron chi connectivity index (χ4n) is 1.79. The number of benzene rings is 1. The van der Waals surface area contributed by atoms with E-state index < -0.39 is 6.04 Å². The molecule has 2 rings (SSSR count). The van der Waals surface area contributed by atoms with Crippen LogP contribution < -0.4 is 20.5 Å². The molecule has 1 aromatic carbocycles. The van der Waals surface area contributed by atoms with E-state index in [9.17, 15) is 4.79 Å². The van der Waals surface area contributed by atoms with Gasteiger partial charge in [0.25, 0.3) is 0 Å². The van der Waals surface area contributed by atoms with Gasteiger partial charge in [0.1, 0.15) is 19.3 Å². The number of amides is 1. The number of aliphatic hydroxyl groups excluding tert-OH is 1. The quantitative estimate of drug-likeness (QED) is 0.664. The molecule has 0 aromatic heterocycles. The smallest absolute Gasteiger partial charge is 0.239 e. The van der Waals surface area contributed by atoms with Crippen LogP contribution in [0.1, 0.15) is 5.56 Å². The summed E-state index contributed by atoms with van der Waals surface area (Å²) in [5, 5.41) is 11.4. The molecule has 1 amide bonds. The fourth-order valence-corrected chi connectivity index (χ4v) is 1.79. The molecular weight excluding hydrogens is 248 g/mol. The van der Waals surface area contributed by atoms with Gasteiger partial charge in [-0.2, -0.15) is 0 Å². The lowest BCUT2D eigenvalue weighted by Crippen LogP contribution is -2.43. The Hall–Kier alpha value is -1.79. The van der Waals surface area contributed by atoms with E-state index in [1.54, 1.807) is 0 Å². The molecule has 6 nitrogen and oxygen atoms in total. The molecule has 1 aliphatic rings. The highest BCUT2D eigenvalue weighted by Crippen LogP contribution is 2.30. The molecule has 0 saturated heterocycles. The van der Waals surface area contributed by atoms with Crippen molar-refractivity contribution in [2.24, 2.45) is 5.73 Å². The highest BCUT2D eigenvalue weighted by atomic mass is 16.6. The SMILES string of the molecule is NC(CO)C(=O)NCCc1ccc2c(c1)OCCO2. The van der Waals surface area contributed by atoms with Crippen molar-refractivity contribution in [3.8, 4) is 11.5 Å². The molecule has 1 aromatic rings. The third kappa shape index (κ3) is 3.59. The van der Waals surface area contributed by atoms with Gasteiger partial charge in [-0.15, -0.1) is 0 Å². The van der Waals surface area contributed by atoms with Gasteiger partial charge in [-0.05, 0) is 24.1 Å². The van der Waals surface area contributed by atoms with Crippen molar-refractivity contribution >= 4 is 5.91 Å². The zero-order chi connectivity index (χ0) is 13.7. The molecule has 0 bridgehead atoms. The Balaban J connectivity index is 1.85. The molecular formula is C13H18N2O4. The molecule has 0 saturated carbocycles. The molecule has 1 aliphatic heterocycles. The van der Waals surface area contributed by atoms with Crippen molar-refractivity contribution in [2.45, 2.75) is 12.5 Å². The summed E-state index contributed by atoms with van der Waals surface area (Å²) in [4.78, 5) is 11.4. The minimum Gasteiger partial charge on any atom is -0.486 e. The van der Waals surface area contributed by atoms with Gasteiger partial charge >= 0.3 is 0 Å². The van der Waals surface area contributed by atoms with Crippen molar-refractivity contribution in [2.75, 3.05) is 26.4 Å². The number of ether oxygens (including phenoxy) is 2. The predicted molar refractivity (Wildman–Crippen MR) is 69.2 cm³/mol. The van der Waals surface area contributed by atoms with Crippen LogP contribution in [0.15, 0.2) is 18.2 Å². The van der Waals surface area contributed by atoms with Crippen LogP contribution in [0, 0.1) is 0 Å². The Morgan fingerprint density at radius 3 is 2.84 bits per heavy atom. The maximum Gasteiger partial charge on any atom is 0.239 e. The van der Waals surface area contributed by atoms with E-state index in [-0.39, 0.29) is 12.5 Å². The van der Waals surface area contributed by atoms with Crippen molar-refractivity contribution in [3.63, 3.8) is 0 Å². The standard InChI is InChI=1S/C13H18N2O4/c14-10(8-16)13(17)15-4-3-9-1-2-11-12(7-9)19-6-5-18-11/h1-2,7,10,16H,3-6,8,14H2,(H,15,17). The van der Waals surface area contributed by atoms with Gasteiger partial charge in [0.05, 0.1) is 6.61 Å². The van der Waals surface area contributed by atoms with Crippen LogP contribution in [0.4, 0.5) is 0 Å². The zero-order valence-corrected chi connectivity index (χ0v) is 10.6. The van der Waals surface area contributed by atoms with Crippen LogP contribution in [0.25, 0.3) is 0 Å². The third-order valence-corrected chi connectivity index (χ3v) is 2.85. The molecule has 1 unspecified atom stereocenters. The lowest BCUT2D eigenvalue weighted by atomic mass is 10.1. The Morgan fingerprint density at radius 2 is 2.11 bits per heavy atom. The summed E-state index contributed by atoms with van der Waals surface area (Å²) < 4.78 is 10.9. The third-order valence-electron chi connectivity index (χ3n) is 2.85. The second-order valence-corrected chi connectivity index (χ2v) is 4.31. The Labute approximate surface area is 111 Å². The monoisotopic (exact) mass is 266 g/mol. The number of aliphatic hydroxyl groups is 1. The zero-order valence-electron chi connectivity index (χ0n) is 10.6. The lowest BCUT2D eigenvalue weighted by molar-refractivity contribution is -0.123. The summed E-state index contributed by atoms with van der Waals surface area (Å²) in [5.41, 5.74) is 6.43. The van der Waals surface area contributed by atoms with Gasteiger partial charge in [0, 0.05) is 6.54 Å². The second-order valence-electron chi connectivity index (χ2n) is 4.31. The summed E-state index contributed by atoms with van der Waals surface area (Å²) in [6.45, 7) is 1.24. The molecule has 19 heavy (non-hydrogen) atoms. The predicted octanol–water partition coefficient (Wildman–Crippen LogP) is -0.564. The largest absolute Gasteiger partial charge is 0.486 e. The van der Waals surface area contributed by atoms with Crippen LogP contribution in [-0.2, 0) is 11.2 Å². The van der Waals surface area contributed by atoms with E-state index >= 15 is 0 Å². The van der Waals surface area contributed by atoms with Gasteiger partial charge in [-0.3, -0.25) is 4.79 Å². The summed E-state index contributed by atoms with van der Waals surface area (Å²) in [7, 11) is 0. The topological polar surface area (TPSA) is 93.8 Å². The van der Waals surface area contributed by atoms with E-state index in [1.165, 1.54) is 0 Å². The van der Waals surface area contributed by atoms with Gasteiger partial charge in [-0.25, -0.2) is 0 Å². The van der Waals surface area contributed by atoms with Crippen molar-refractivity contribution in [1.82, 2.24) is 5.32 Å². The van der Waals surface area contributed by atoms with Crippen molar-refractivity contribution in [3.05, 3.63) is 23.8 Å². The number of nitrogens with one attached hydrogen (secondary N) is 1. The highest BCUT2D eigenvalue weighted by molar-refractivity contribution is 5.81. The average molecular weight is 266 g/mol. The maximum absolute atomic E-state index is 11.4. The van der Waals surface area contributed by atoms with E-state index in [0.717, 1.165) is 17.1 Å². The number of carbonyl (C=O) groups excluding carboxylic acids is 1. The first-order valence-electron chi connectivity index (χ1n) is 6.23. The molecule has 0 aliphatic carbocycles. The second kappa shape index (κ2) is 6.40. The number of nitrogens with two attached hydrogens (primary N) is 1. The molecule has 4 N–H and O–H groups in total. The van der Waals surface area contributed by atoms with Crippen LogP contribution in [0.3, 0.4) is 0 Å². The normalized spacial score (nSPS) is 14.8. The van der Waals surface area contributed by atoms with Gasteiger partial charge in [0.2, 0.25) is 5.91 Å². The van der Waals surface area contributed by atoms with E-state index in [1.807, 2.05) is 18.2 Å². The first kappa shape index (κ1) is 13.6. The molecule has 104 valence electrons.